The van der Waals surface area contributed by atoms with E-state index in [9.17, 15) is 4.79 Å². The minimum Gasteiger partial charge on any atom is -0.300 e. The summed E-state index contributed by atoms with van der Waals surface area (Å²) in [5.41, 5.74) is 2.29. The van der Waals surface area contributed by atoms with E-state index >= 15 is 0 Å². The number of ketones is 1. The molecule has 1 atom stereocenters. The van der Waals surface area contributed by atoms with Crippen LogP contribution in [0.15, 0.2) is 42.7 Å². The number of benzene rings is 1. The minimum absolute atomic E-state index is 0.253. The van der Waals surface area contributed by atoms with E-state index in [1.54, 1.807) is 0 Å². The lowest BCUT2D eigenvalue weighted by molar-refractivity contribution is -0.121. The van der Waals surface area contributed by atoms with Crippen LogP contribution in [-0.4, -0.2) is 15.6 Å². The molecule has 3 rings (SSSR count). The normalized spacial score (nSPS) is 20.0. The molecule has 0 bridgehead atoms. The molecule has 1 aromatic carbocycles. The molecule has 0 spiro atoms. The molecule has 1 aliphatic rings. The summed E-state index contributed by atoms with van der Waals surface area (Å²) < 4.78 is 1.96. The fourth-order valence-corrected chi connectivity index (χ4v) is 2.54. The molecule has 1 fully saturated rings. The number of aromatic nitrogens is 2. The molecule has 0 radical (unpaired) electrons. The Bertz CT molecular complexity index is 545. The lowest BCUT2D eigenvalue weighted by atomic mass is 9.94. The molecule has 2 aromatic rings. The van der Waals surface area contributed by atoms with Crippen LogP contribution >= 0.6 is 0 Å². The third-order valence-corrected chi connectivity index (χ3v) is 3.54. The van der Waals surface area contributed by atoms with Crippen LogP contribution in [0, 0.1) is 0 Å². The molecule has 1 saturated carbocycles. The van der Waals surface area contributed by atoms with Gasteiger partial charge in [0.2, 0.25) is 0 Å². The molecule has 1 unspecified atom stereocenters. The predicted molar refractivity (Wildman–Crippen MR) is 70.2 cm³/mol. The molecule has 0 saturated heterocycles. The quantitative estimate of drug-likeness (QED) is 0.807. The van der Waals surface area contributed by atoms with Gasteiger partial charge in [0.15, 0.2) is 0 Å². The first-order chi connectivity index (χ1) is 8.83. The maximum absolute atomic E-state index is 11.5. The summed E-state index contributed by atoms with van der Waals surface area (Å²) >= 11 is 0. The first-order valence-electron chi connectivity index (χ1n) is 6.44. The monoisotopic (exact) mass is 240 g/mol. The summed E-state index contributed by atoms with van der Waals surface area (Å²) in [5, 5.41) is 4.42. The number of hydrogen-bond donors (Lipinski definition) is 0. The van der Waals surface area contributed by atoms with E-state index in [1.807, 2.05) is 29.1 Å². The summed E-state index contributed by atoms with van der Waals surface area (Å²) in [6, 6.07) is 10.5. The SMILES string of the molecule is O=C1CCCC(n2cc(-c3ccccc3)cn2)C1. The highest BCUT2D eigenvalue weighted by Gasteiger charge is 2.21. The Kier molecular flexibility index (Phi) is 2.97. The second kappa shape index (κ2) is 4.77. The van der Waals surface area contributed by atoms with E-state index in [1.165, 1.54) is 5.56 Å². The van der Waals surface area contributed by atoms with Gasteiger partial charge in [-0.15, -0.1) is 0 Å². The molecule has 18 heavy (non-hydrogen) atoms. The summed E-state index contributed by atoms with van der Waals surface area (Å²) in [6.45, 7) is 0. The highest BCUT2D eigenvalue weighted by Crippen LogP contribution is 2.27. The van der Waals surface area contributed by atoms with Gasteiger partial charge < -0.3 is 0 Å². The van der Waals surface area contributed by atoms with Crippen LogP contribution in [0.5, 0.6) is 0 Å². The Morgan fingerprint density at radius 2 is 2.00 bits per heavy atom. The van der Waals surface area contributed by atoms with E-state index in [-0.39, 0.29) is 6.04 Å². The van der Waals surface area contributed by atoms with Gasteiger partial charge in [0, 0.05) is 24.6 Å². The Balaban J connectivity index is 1.83. The lowest BCUT2D eigenvalue weighted by Gasteiger charge is -2.20. The first-order valence-corrected chi connectivity index (χ1v) is 6.44. The average molecular weight is 240 g/mol. The van der Waals surface area contributed by atoms with E-state index in [4.69, 9.17) is 0 Å². The van der Waals surface area contributed by atoms with Gasteiger partial charge >= 0.3 is 0 Å². The van der Waals surface area contributed by atoms with Crippen LogP contribution in [0.1, 0.15) is 31.7 Å². The zero-order chi connectivity index (χ0) is 12.4. The van der Waals surface area contributed by atoms with Crippen molar-refractivity contribution in [2.45, 2.75) is 31.7 Å². The molecular weight excluding hydrogens is 224 g/mol. The van der Waals surface area contributed by atoms with Crippen molar-refractivity contribution in [3.63, 3.8) is 0 Å². The minimum atomic E-state index is 0.253. The summed E-state index contributed by atoms with van der Waals surface area (Å²) in [7, 11) is 0. The van der Waals surface area contributed by atoms with Gasteiger partial charge in [-0.05, 0) is 18.4 Å². The van der Waals surface area contributed by atoms with Gasteiger partial charge in [-0.1, -0.05) is 30.3 Å². The highest BCUT2D eigenvalue weighted by atomic mass is 16.1. The molecule has 1 aliphatic carbocycles. The summed E-state index contributed by atoms with van der Waals surface area (Å²) in [6.07, 6.45) is 7.36. The highest BCUT2D eigenvalue weighted by molar-refractivity contribution is 5.79. The van der Waals surface area contributed by atoms with Crippen molar-refractivity contribution >= 4 is 5.78 Å². The van der Waals surface area contributed by atoms with Gasteiger partial charge in [-0.25, -0.2) is 0 Å². The van der Waals surface area contributed by atoms with E-state index in [0.29, 0.717) is 12.2 Å². The van der Waals surface area contributed by atoms with Crippen molar-refractivity contribution in [3.8, 4) is 11.1 Å². The van der Waals surface area contributed by atoms with Crippen LogP contribution in [0.25, 0.3) is 11.1 Å². The lowest BCUT2D eigenvalue weighted by Crippen LogP contribution is -2.19. The third-order valence-electron chi connectivity index (χ3n) is 3.54. The maximum Gasteiger partial charge on any atom is 0.135 e. The van der Waals surface area contributed by atoms with E-state index < -0.39 is 0 Å². The standard InChI is InChI=1S/C15H16N2O/c18-15-8-4-7-14(9-15)17-11-13(10-16-17)12-5-2-1-3-6-12/h1-3,5-6,10-11,14H,4,7-9H2. The van der Waals surface area contributed by atoms with Gasteiger partial charge in [0.1, 0.15) is 5.78 Å². The Hall–Kier alpha value is -1.90. The van der Waals surface area contributed by atoms with Crippen molar-refractivity contribution < 1.29 is 4.79 Å². The summed E-state index contributed by atoms with van der Waals surface area (Å²) in [5.74, 6) is 0.364. The van der Waals surface area contributed by atoms with Crippen LogP contribution < -0.4 is 0 Å². The number of hydrogen-bond acceptors (Lipinski definition) is 2. The van der Waals surface area contributed by atoms with Crippen LogP contribution in [0.2, 0.25) is 0 Å². The van der Waals surface area contributed by atoms with Crippen LogP contribution in [-0.2, 0) is 4.79 Å². The summed E-state index contributed by atoms with van der Waals surface area (Å²) in [4.78, 5) is 11.5. The third kappa shape index (κ3) is 2.21. The fourth-order valence-electron chi connectivity index (χ4n) is 2.54. The molecule has 0 aliphatic heterocycles. The molecule has 3 nitrogen and oxygen atoms in total. The molecule has 0 N–H and O–H groups in total. The molecule has 3 heteroatoms. The van der Waals surface area contributed by atoms with Crippen molar-refractivity contribution in [3.05, 3.63) is 42.7 Å². The fraction of sp³-hybridized carbons (Fsp3) is 0.333. The van der Waals surface area contributed by atoms with Crippen LogP contribution in [0.4, 0.5) is 0 Å². The number of carbonyl (C=O) groups is 1. The number of Topliss-reactive ketones (excluding diaryl/α,β-unsaturated/α-hetero) is 1. The molecular formula is C15H16N2O. The zero-order valence-electron chi connectivity index (χ0n) is 10.2. The topological polar surface area (TPSA) is 34.9 Å². The van der Waals surface area contributed by atoms with Gasteiger partial charge in [0.25, 0.3) is 0 Å². The second-order valence-corrected chi connectivity index (χ2v) is 4.86. The molecule has 92 valence electrons. The van der Waals surface area contributed by atoms with Gasteiger partial charge in [-0.3, -0.25) is 9.48 Å². The molecule has 1 aromatic heterocycles. The Morgan fingerprint density at radius 1 is 1.17 bits per heavy atom. The number of nitrogens with zero attached hydrogens (tertiary/aromatic N) is 2. The van der Waals surface area contributed by atoms with Gasteiger partial charge in [0.05, 0.1) is 12.2 Å². The van der Waals surface area contributed by atoms with Crippen molar-refractivity contribution in [1.29, 1.82) is 0 Å². The average Bonchev–Trinajstić information content (AvgIpc) is 2.89. The zero-order valence-corrected chi connectivity index (χ0v) is 10.2. The number of rotatable bonds is 2. The first kappa shape index (κ1) is 11.2. The maximum atomic E-state index is 11.5. The number of carbonyl (C=O) groups excluding carboxylic acids is 1. The van der Waals surface area contributed by atoms with Crippen molar-refractivity contribution in [1.82, 2.24) is 9.78 Å². The van der Waals surface area contributed by atoms with Crippen molar-refractivity contribution in [2.24, 2.45) is 0 Å². The smallest absolute Gasteiger partial charge is 0.135 e. The second-order valence-electron chi connectivity index (χ2n) is 4.86. The Morgan fingerprint density at radius 3 is 2.78 bits per heavy atom. The van der Waals surface area contributed by atoms with E-state index in [2.05, 4.69) is 23.4 Å². The molecule has 1 heterocycles. The predicted octanol–water partition coefficient (Wildman–Crippen LogP) is 3.23. The largest absolute Gasteiger partial charge is 0.300 e. The molecule has 0 amide bonds. The Labute approximate surface area is 106 Å². The van der Waals surface area contributed by atoms with E-state index in [0.717, 1.165) is 24.8 Å². The van der Waals surface area contributed by atoms with Gasteiger partial charge in [-0.2, -0.15) is 5.10 Å². The van der Waals surface area contributed by atoms with Crippen LogP contribution in [0.3, 0.4) is 0 Å². The van der Waals surface area contributed by atoms with Crippen molar-refractivity contribution in [2.75, 3.05) is 0 Å².